The maximum atomic E-state index is 9.69. The SMILES string of the molecule is CN=Nc1c(O)[nH]c2c(OC)ccc(Cl)c12. The summed E-state index contributed by atoms with van der Waals surface area (Å²) in [4.78, 5) is 2.76. The van der Waals surface area contributed by atoms with E-state index >= 15 is 0 Å². The minimum absolute atomic E-state index is 0.0769. The zero-order valence-corrected chi connectivity index (χ0v) is 9.54. The van der Waals surface area contributed by atoms with Gasteiger partial charge in [-0.15, -0.1) is 5.11 Å². The molecule has 0 bridgehead atoms. The topological polar surface area (TPSA) is 70.0 Å². The van der Waals surface area contributed by atoms with E-state index in [1.807, 2.05) is 0 Å². The number of ether oxygens (including phenoxy) is 1. The molecule has 0 aliphatic heterocycles. The van der Waals surface area contributed by atoms with Gasteiger partial charge in [-0.3, -0.25) is 0 Å². The van der Waals surface area contributed by atoms with E-state index in [9.17, 15) is 5.11 Å². The van der Waals surface area contributed by atoms with Gasteiger partial charge in [0.05, 0.1) is 23.0 Å². The number of aromatic hydroxyl groups is 1. The Morgan fingerprint density at radius 1 is 1.44 bits per heavy atom. The van der Waals surface area contributed by atoms with E-state index in [1.165, 1.54) is 7.05 Å². The fourth-order valence-corrected chi connectivity index (χ4v) is 1.82. The molecule has 2 N–H and O–H groups in total. The van der Waals surface area contributed by atoms with Crippen LogP contribution in [0.4, 0.5) is 5.69 Å². The first-order valence-corrected chi connectivity index (χ1v) is 4.93. The van der Waals surface area contributed by atoms with Crippen LogP contribution in [-0.2, 0) is 0 Å². The van der Waals surface area contributed by atoms with Gasteiger partial charge in [0.2, 0.25) is 5.88 Å². The third-order valence-corrected chi connectivity index (χ3v) is 2.56. The zero-order chi connectivity index (χ0) is 11.7. The lowest BCUT2D eigenvalue weighted by Crippen LogP contribution is -1.83. The molecule has 1 heterocycles. The van der Waals surface area contributed by atoms with Gasteiger partial charge in [-0.05, 0) is 12.1 Å². The quantitative estimate of drug-likeness (QED) is 0.790. The number of methoxy groups -OCH3 is 1. The number of H-pyrrole nitrogens is 1. The highest BCUT2D eigenvalue weighted by atomic mass is 35.5. The Morgan fingerprint density at radius 2 is 2.19 bits per heavy atom. The zero-order valence-electron chi connectivity index (χ0n) is 8.78. The van der Waals surface area contributed by atoms with Gasteiger partial charge in [0.1, 0.15) is 5.75 Å². The third-order valence-electron chi connectivity index (χ3n) is 2.24. The molecule has 0 unspecified atom stereocenters. The monoisotopic (exact) mass is 239 g/mol. The summed E-state index contributed by atoms with van der Waals surface area (Å²) in [7, 11) is 3.06. The second-order valence-electron chi connectivity index (χ2n) is 3.12. The van der Waals surface area contributed by atoms with Crippen molar-refractivity contribution < 1.29 is 9.84 Å². The highest BCUT2D eigenvalue weighted by molar-refractivity contribution is 6.37. The van der Waals surface area contributed by atoms with Gasteiger partial charge in [0.15, 0.2) is 5.69 Å². The Labute approximate surface area is 96.7 Å². The predicted octanol–water partition coefficient (Wildman–Crippen LogP) is 3.25. The van der Waals surface area contributed by atoms with Gasteiger partial charge in [-0.2, -0.15) is 5.11 Å². The van der Waals surface area contributed by atoms with Crippen molar-refractivity contribution in [2.24, 2.45) is 10.2 Å². The molecule has 1 aromatic heterocycles. The summed E-state index contributed by atoms with van der Waals surface area (Å²) in [5.74, 6) is 0.513. The van der Waals surface area contributed by atoms with Gasteiger partial charge in [0, 0.05) is 7.05 Å². The van der Waals surface area contributed by atoms with E-state index in [1.54, 1.807) is 19.2 Å². The third kappa shape index (κ3) is 1.49. The van der Waals surface area contributed by atoms with E-state index in [4.69, 9.17) is 16.3 Å². The molecule has 0 saturated heterocycles. The average Bonchev–Trinajstić information content (AvgIpc) is 2.58. The number of nitrogens with one attached hydrogen (secondary N) is 1. The summed E-state index contributed by atoms with van der Waals surface area (Å²) >= 11 is 6.05. The molecule has 1 aromatic carbocycles. The lowest BCUT2D eigenvalue weighted by atomic mass is 10.2. The highest BCUT2D eigenvalue weighted by Gasteiger charge is 2.16. The Bertz CT molecular complexity index is 563. The highest BCUT2D eigenvalue weighted by Crippen LogP contribution is 2.43. The summed E-state index contributed by atoms with van der Waals surface area (Å²) in [6, 6.07) is 3.40. The number of hydrogen-bond acceptors (Lipinski definition) is 4. The smallest absolute Gasteiger partial charge is 0.218 e. The summed E-state index contributed by atoms with van der Waals surface area (Å²) in [5, 5.41) is 18.2. The van der Waals surface area contributed by atoms with E-state index in [2.05, 4.69) is 15.2 Å². The van der Waals surface area contributed by atoms with Gasteiger partial charge >= 0.3 is 0 Å². The minimum atomic E-state index is -0.0769. The molecule has 16 heavy (non-hydrogen) atoms. The molecule has 0 saturated carbocycles. The molecule has 0 atom stereocenters. The average molecular weight is 240 g/mol. The summed E-state index contributed by atoms with van der Waals surface area (Å²) in [5.41, 5.74) is 0.927. The maximum absolute atomic E-state index is 9.69. The van der Waals surface area contributed by atoms with Crippen LogP contribution in [0.1, 0.15) is 0 Å². The number of fused-ring (bicyclic) bond motifs is 1. The fourth-order valence-electron chi connectivity index (χ4n) is 1.58. The number of aromatic amines is 1. The van der Waals surface area contributed by atoms with Gasteiger partial charge in [-0.25, -0.2) is 0 Å². The van der Waals surface area contributed by atoms with Crippen molar-refractivity contribution >= 4 is 28.2 Å². The fraction of sp³-hybridized carbons (Fsp3) is 0.200. The standard InChI is InChI=1S/C10H10ClN3O2/c1-12-14-9-7-5(11)3-4-6(16-2)8(7)13-10(9)15/h3-4,13,15H,1-2H3. The summed E-state index contributed by atoms with van der Waals surface area (Å²) in [6.07, 6.45) is 0. The van der Waals surface area contributed by atoms with E-state index in [0.717, 1.165) is 0 Å². The number of nitrogens with zero attached hydrogens (tertiary/aromatic N) is 2. The second-order valence-corrected chi connectivity index (χ2v) is 3.53. The molecule has 0 spiro atoms. The van der Waals surface area contributed by atoms with Crippen LogP contribution in [0.3, 0.4) is 0 Å². The molecular formula is C10H10ClN3O2. The van der Waals surface area contributed by atoms with Crippen LogP contribution in [0.5, 0.6) is 11.6 Å². The lowest BCUT2D eigenvalue weighted by molar-refractivity contribution is 0.417. The van der Waals surface area contributed by atoms with Crippen molar-refractivity contribution in [1.29, 1.82) is 0 Å². The van der Waals surface area contributed by atoms with Crippen LogP contribution in [0.15, 0.2) is 22.4 Å². The number of azo groups is 1. The first-order chi connectivity index (χ1) is 7.69. The minimum Gasteiger partial charge on any atom is -0.495 e. The molecule has 6 heteroatoms. The van der Waals surface area contributed by atoms with Crippen molar-refractivity contribution in [1.82, 2.24) is 4.98 Å². The Balaban J connectivity index is 2.87. The van der Waals surface area contributed by atoms with Crippen molar-refractivity contribution in [3.05, 3.63) is 17.2 Å². The van der Waals surface area contributed by atoms with Crippen molar-refractivity contribution in [2.75, 3.05) is 14.2 Å². The van der Waals surface area contributed by atoms with Crippen LogP contribution in [0, 0.1) is 0 Å². The second kappa shape index (κ2) is 4.02. The molecule has 84 valence electrons. The maximum Gasteiger partial charge on any atom is 0.218 e. The van der Waals surface area contributed by atoms with E-state index in [0.29, 0.717) is 27.4 Å². The summed E-state index contributed by atoms with van der Waals surface area (Å²) < 4.78 is 5.16. The van der Waals surface area contributed by atoms with E-state index in [-0.39, 0.29) is 5.88 Å². The molecule has 2 aromatic rings. The number of benzene rings is 1. The van der Waals surface area contributed by atoms with Crippen molar-refractivity contribution in [2.45, 2.75) is 0 Å². The largest absolute Gasteiger partial charge is 0.495 e. The summed E-state index contributed by atoms with van der Waals surface area (Å²) in [6.45, 7) is 0. The molecule has 0 amide bonds. The normalized spacial score (nSPS) is 11.4. The van der Waals surface area contributed by atoms with Crippen LogP contribution < -0.4 is 4.74 Å². The van der Waals surface area contributed by atoms with Gasteiger partial charge in [-0.1, -0.05) is 11.6 Å². The number of aromatic nitrogens is 1. The van der Waals surface area contributed by atoms with Gasteiger partial charge < -0.3 is 14.8 Å². The predicted molar refractivity (Wildman–Crippen MR) is 62.0 cm³/mol. The first-order valence-electron chi connectivity index (χ1n) is 4.56. The van der Waals surface area contributed by atoms with Gasteiger partial charge in [0.25, 0.3) is 0 Å². The van der Waals surface area contributed by atoms with Crippen LogP contribution in [0.2, 0.25) is 5.02 Å². The Morgan fingerprint density at radius 3 is 2.81 bits per heavy atom. The first kappa shape index (κ1) is 10.8. The molecule has 2 rings (SSSR count). The lowest BCUT2D eigenvalue weighted by Gasteiger charge is -2.02. The van der Waals surface area contributed by atoms with Crippen LogP contribution in [-0.4, -0.2) is 24.2 Å². The molecule has 5 nitrogen and oxygen atoms in total. The van der Waals surface area contributed by atoms with Crippen LogP contribution >= 0.6 is 11.6 Å². The van der Waals surface area contributed by atoms with Crippen LogP contribution in [0.25, 0.3) is 10.9 Å². The Hall–Kier alpha value is -1.75. The number of halogens is 1. The molecule has 0 aliphatic rings. The number of hydrogen-bond donors (Lipinski definition) is 2. The molecule has 0 fully saturated rings. The van der Waals surface area contributed by atoms with Crippen molar-refractivity contribution in [3.8, 4) is 11.6 Å². The number of rotatable bonds is 2. The van der Waals surface area contributed by atoms with E-state index < -0.39 is 0 Å². The molecular weight excluding hydrogens is 230 g/mol. The molecule has 0 radical (unpaired) electrons. The van der Waals surface area contributed by atoms with Crippen molar-refractivity contribution in [3.63, 3.8) is 0 Å². The Kier molecular flexibility index (Phi) is 2.70. The molecule has 0 aliphatic carbocycles.